The Balaban J connectivity index is 1.28. The van der Waals surface area contributed by atoms with Crippen LogP contribution in [0.15, 0.2) is 85.1 Å². The van der Waals surface area contributed by atoms with Crippen LogP contribution in [0, 0.1) is 0 Å². The lowest BCUT2D eigenvalue weighted by atomic mass is 9.90. The van der Waals surface area contributed by atoms with Crippen molar-refractivity contribution in [1.29, 1.82) is 0 Å². The lowest BCUT2D eigenvalue weighted by Crippen LogP contribution is -2.47. The minimum absolute atomic E-state index is 0.00778. The van der Waals surface area contributed by atoms with Crippen LogP contribution in [-0.4, -0.2) is 62.8 Å². The lowest BCUT2D eigenvalue weighted by molar-refractivity contribution is 0.242. The molecular weight excluding hydrogens is 398 g/mol. The van der Waals surface area contributed by atoms with Crippen LogP contribution in [0.3, 0.4) is 0 Å². The van der Waals surface area contributed by atoms with E-state index in [2.05, 4.69) is 84.9 Å². The molecule has 32 heavy (non-hydrogen) atoms. The molecule has 0 saturated carbocycles. The van der Waals surface area contributed by atoms with Gasteiger partial charge in [0.1, 0.15) is 5.82 Å². The molecule has 162 valence electrons. The molecule has 1 saturated heterocycles. The third kappa shape index (κ3) is 4.53. The number of nitrogens with zero attached hydrogens (tertiary/aromatic N) is 7. The number of rotatable bonds is 7. The Morgan fingerprint density at radius 3 is 2.00 bits per heavy atom. The Labute approximate surface area is 188 Å². The third-order valence-electron chi connectivity index (χ3n) is 6.06. The minimum Gasteiger partial charge on any atom is -0.354 e. The Hall–Kier alpha value is -3.58. The van der Waals surface area contributed by atoms with Crippen LogP contribution in [0.1, 0.15) is 22.9 Å². The normalized spacial score (nSPS) is 14.7. The van der Waals surface area contributed by atoms with Crippen LogP contribution < -0.4 is 4.90 Å². The molecular formula is C25H27N7. The molecule has 0 amide bonds. The van der Waals surface area contributed by atoms with Crippen LogP contribution in [0.5, 0.6) is 0 Å². The van der Waals surface area contributed by atoms with E-state index in [9.17, 15) is 0 Å². The smallest absolute Gasteiger partial charge is 0.163 e. The minimum atomic E-state index is 0.00778. The summed E-state index contributed by atoms with van der Waals surface area (Å²) >= 11 is 0. The number of pyridine rings is 1. The molecule has 0 bridgehead atoms. The Morgan fingerprint density at radius 1 is 0.719 bits per heavy atom. The first kappa shape index (κ1) is 20.3. The largest absolute Gasteiger partial charge is 0.354 e. The van der Waals surface area contributed by atoms with Crippen LogP contribution in [0.25, 0.3) is 0 Å². The van der Waals surface area contributed by atoms with E-state index in [4.69, 9.17) is 0 Å². The average molecular weight is 426 g/mol. The lowest BCUT2D eigenvalue weighted by Gasteiger charge is -2.35. The van der Waals surface area contributed by atoms with Crippen LogP contribution in [-0.2, 0) is 6.54 Å². The van der Waals surface area contributed by atoms with Crippen molar-refractivity contribution in [2.45, 2.75) is 12.5 Å². The molecule has 2 aromatic heterocycles. The van der Waals surface area contributed by atoms with Crippen molar-refractivity contribution in [3.8, 4) is 0 Å². The summed E-state index contributed by atoms with van der Waals surface area (Å²) in [6.07, 6.45) is 1.86. The second-order valence-corrected chi connectivity index (χ2v) is 8.03. The molecule has 1 aliphatic rings. The van der Waals surface area contributed by atoms with Gasteiger partial charge >= 0.3 is 0 Å². The SMILES string of the molecule is c1ccc(C(c2ccccc2)c2nnnn2CCN2CCN(c3ccccn3)CC2)cc1. The van der Waals surface area contributed by atoms with Gasteiger partial charge < -0.3 is 4.90 Å². The summed E-state index contributed by atoms with van der Waals surface area (Å²) in [5.74, 6) is 1.95. The molecule has 3 heterocycles. The summed E-state index contributed by atoms with van der Waals surface area (Å²) in [5, 5.41) is 12.8. The molecule has 7 nitrogen and oxygen atoms in total. The number of anilines is 1. The quantitative estimate of drug-likeness (QED) is 0.454. The van der Waals surface area contributed by atoms with E-state index in [-0.39, 0.29) is 5.92 Å². The highest BCUT2D eigenvalue weighted by Gasteiger charge is 2.24. The van der Waals surface area contributed by atoms with Gasteiger partial charge in [-0.05, 0) is 33.7 Å². The molecule has 0 atom stereocenters. The fourth-order valence-corrected chi connectivity index (χ4v) is 4.34. The van der Waals surface area contributed by atoms with Crippen molar-refractivity contribution in [1.82, 2.24) is 30.1 Å². The molecule has 5 rings (SSSR count). The van der Waals surface area contributed by atoms with E-state index in [1.165, 1.54) is 11.1 Å². The highest BCUT2D eigenvalue weighted by Crippen LogP contribution is 2.30. The molecule has 0 unspecified atom stereocenters. The number of aromatic nitrogens is 5. The van der Waals surface area contributed by atoms with Crippen molar-refractivity contribution >= 4 is 5.82 Å². The van der Waals surface area contributed by atoms with Crippen molar-refractivity contribution in [2.75, 3.05) is 37.6 Å². The Morgan fingerprint density at radius 2 is 1.38 bits per heavy atom. The van der Waals surface area contributed by atoms with Crippen LogP contribution >= 0.6 is 0 Å². The van der Waals surface area contributed by atoms with Gasteiger partial charge in [-0.25, -0.2) is 9.67 Å². The molecule has 0 aliphatic carbocycles. The number of piperazine rings is 1. The van der Waals surface area contributed by atoms with Gasteiger partial charge in [0, 0.05) is 38.9 Å². The molecule has 0 radical (unpaired) electrons. The molecule has 7 heteroatoms. The molecule has 4 aromatic rings. The van der Waals surface area contributed by atoms with E-state index in [1.807, 2.05) is 35.1 Å². The van der Waals surface area contributed by atoms with Gasteiger partial charge in [0.05, 0.1) is 12.5 Å². The average Bonchev–Trinajstić information content (AvgIpc) is 3.33. The van der Waals surface area contributed by atoms with Gasteiger partial charge in [0.25, 0.3) is 0 Å². The van der Waals surface area contributed by atoms with E-state index < -0.39 is 0 Å². The molecule has 2 aromatic carbocycles. The highest BCUT2D eigenvalue weighted by atomic mass is 15.5. The monoisotopic (exact) mass is 425 g/mol. The predicted molar refractivity (Wildman–Crippen MR) is 125 cm³/mol. The van der Waals surface area contributed by atoms with E-state index in [0.717, 1.165) is 50.9 Å². The first-order valence-electron chi connectivity index (χ1n) is 11.1. The molecule has 1 fully saturated rings. The first-order valence-corrected chi connectivity index (χ1v) is 11.1. The standard InChI is InChI=1S/C25H27N7/c1-3-9-21(10-4-1)24(22-11-5-2-6-12-22)25-27-28-29-32(25)20-17-30-15-18-31(19-16-30)23-13-7-8-14-26-23/h1-14,24H,15-20H2. The van der Waals surface area contributed by atoms with Crippen molar-refractivity contribution in [3.63, 3.8) is 0 Å². The van der Waals surface area contributed by atoms with Gasteiger partial charge in [0.15, 0.2) is 5.82 Å². The number of hydrogen-bond acceptors (Lipinski definition) is 6. The van der Waals surface area contributed by atoms with Crippen LogP contribution in [0.2, 0.25) is 0 Å². The van der Waals surface area contributed by atoms with E-state index in [0.29, 0.717) is 0 Å². The van der Waals surface area contributed by atoms with Crippen molar-refractivity contribution in [3.05, 3.63) is 102 Å². The molecule has 0 spiro atoms. The number of hydrogen-bond donors (Lipinski definition) is 0. The van der Waals surface area contributed by atoms with Gasteiger partial charge in [-0.1, -0.05) is 66.7 Å². The highest BCUT2D eigenvalue weighted by molar-refractivity contribution is 5.39. The first-order chi connectivity index (χ1) is 15.9. The third-order valence-corrected chi connectivity index (χ3v) is 6.06. The van der Waals surface area contributed by atoms with Crippen molar-refractivity contribution in [2.24, 2.45) is 0 Å². The summed E-state index contributed by atoms with van der Waals surface area (Å²) in [4.78, 5) is 9.30. The van der Waals surface area contributed by atoms with Gasteiger partial charge in [-0.2, -0.15) is 0 Å². The zero-order valence-electron chi connectivity index (χ0n) is 18.0. The predicted octanol–water partition coefficient (Wildman–Crippen LogP) is 3.07. The number of tetrazole rings is 1. The van der Waals surface area contributed by atoms with Gasteiger partial charge in [-0.15, -0.1) is 5.10 Å². The summed E-state index contributed by atoms with van der Waals surface area (Å²) in [5.41, 5.74) is 2.39. The zero-order valence-corrected chi connectivity index (χ0v) is 18.0. The maximum atomic E-state index is 4.48. The maximum absolute atomic E-state index is 4.48. The van der Waals surface area contributed by atoms with E-state index >= 15 is 0 Å². The Kier molecular flexibility index (Phi) is 6.16. The van der Waals surface area contributed by atoms with Crippen LogP contribution in [0.4, 0.5) is 5.82 Å². The summed E-state index contributed by atoms with van der Waals surface area (Å²) in [7, 11) is 0. The maximum Gasteiger partial charge on any atom is 0.163 e. The second-order valence-electron chi connectivity index (χ2n) is 8.03. The van der Waals surface area contributed by atoms with Gasteiger partial charge in [0.2, 0.25) is 0 Å². The summed E-state index contributed by atoms with van der Waals surface area (Å²) < 4.78 is 1.97. The second kappa shape index (κ2) is 9.70. The molecule has 1 aliphatic heterocycles. The fourth-order valence-electron chi connectivity index (χ4n) is 4.34. The zero-order chi connectivity index (χ0) is 21.6. The van der Waals surface area contributed by atoms with E-state index in [1.54, 1.807) is 0 Å². The molecule has 0 N–H and O–H groups in total. The Bertz CT molecular complexity index is 1050. The van der Waals surface area contributed by atoms with Gasteiger partial charge in [-0.3, -0.25) is 4.90 Å². The fraction of sp³-hybridized carbons (Fsp3) is 0.280. The summed E-state index contributed by atoms with van der Waals surface area (Å²) in [6.45, 7) is 5.67. The number of benzene rings is 2. The van der Waals surface area contributed by atoms with Crippen molar-refractivity contribution < 1.29 is 0 Å². The summed E-state index contributed by atoms with van der Waals surface area (Å²) in [6, 6.07) is 27.0. The topological polar surface area (TPSA) is 63.0 Å².